The molecule has 5 nitrogen and oxygen atoms in total. The van der Waals surface area contributed by atoms with Gasteiger partial charge in [-0.2, -0.15) is 5.10 Å². The summed E-state index contributed by atoms with van der Waals surface area (Å²) in [4.78, 5) is 8.44. The highest BCUT2D eigenvalue weighted by Crippen LogP contribution is 2.28. The molecule has 0 saturated carbocycles. The van der Waals surface area contributed by atoms with E-state index in [0.29, 0.717) is 22.4 Å². The molecule has 0 aliphatic heterocycles. The lowest BCUT2D eigenvalue weighted by molar-refractivity contribution is 0.575. The topological polar surface area (TPSA) is 63.3 Å². The van der Waals surface area contributed by atoms with E-state index >= 15 is 0 Å². The van der Waals surface area contributed by atoms with Gasteiger partial charge in [-0.1, -0.05) is 35.9 Å². The van der Waals surface area contributed by atoms with Crippen LogP contribution in [0.25, 0.3) is 22.2 Å². The number of hydrogen-bond acceptors (Lipinski definition) is 5. The molecule has 0 amide bonds. The lowest BCUT2D eigenvalue weighted by Gasteiger charge is -2.02. The van der Waals surface area contributed by atoms with Gasteiger partial charge in [0, 0.05) is 10.9 Å². The molecule has 2 aromatic carbocycles. The van der Waals surface area contributed by atoms with E-state index in [1.807, 2.05) is 60.7 Å². The van der Waals surface area contributed by atoms with Crippen LogP contribution in [0.5, 0.6) is 0 Å². The van der Waals surface area contributed by atoms with Crippen LogP contribution < -0.4 is 5.43 Å². The smallest absolute Gasteiger partial charge is 0.157 e. The van der Waals surface area contributed by atoms with Crippen molar-refractivity contribution in [2.45, 2.75) is 0 Å². The maximum absolute atomic E-state index is 6.19. The van der Waals surface area contributed by atoms with Crippen molar-refractivity contribution in [3.05, 3.63) is 77.8 Å². The van der Waals surface area contributed by atoms with Crippen molar-refractivity contribution < 1.29 is 4.42 Å². The lowest BCUT2D eigenvalue weighted by Crippen LogP contribution is -1.95. The molecule has 0 aliphatic carbocycles. The highest BCUT2D eigenvalue weighted by atomic mass is 35.5. The van der Waals surface area contributed by atoms with Crippen LogP contribution in [0, 0.1) is 0 Å². The van der Waals surface area contributed by atoms with E-state index in [1.54, 1.807) is 6.21 Å². The molecule has 1 N–H and O–H groups in total. The molecule has 122 valence electrons. The van der Waals surface area contributed by atoms with Gasteiger partial charge < -0.3 is 4.42 Å². The Morgan fingerprint density at radius 2 is 1.80 bits per heavy atom. The van der Waals surface area contributed by atoms with Crippen molar-refractivity contribution in [2.75, 3.05) is 5.43 Å². The second kappa shape index (κ2) is 6.75. The number of nitrogens with zero attached hydrogens (tertiary/aromatic N) is 3. The number of aromatic nitrogens is 2. The number of hydrogen-bond donors (Lipinski definition) is 1. The summed E-state index contributed by atoms with van der Waals surface area (Å²) in [6, 6.07) is 19.0. The number of halogens is 1. The monoisotopic (exact) mass is 348 g/mol. The molecule has 0 fully saturated rings. The van der Waals surface area contributed by atoms with Gasteiger partial charge in [0.25, 0.3) is 0 Å². The third-order valence-electron chi connectivity index (χ3n) is 3.67. The third-order valence-corrected chi connectivity index (χ3v) is 4.00. The van der Waals surface area contributed by atoms with Crippen molar-refractivity contribution in [3.8, 4) is 11.3 Å². The summed E-state index contributed by atoms with van der Waals surface area (Å²) in [7, 11) is 0. The van der Waals surface area contributed by atoms with Crippen LogP contribution in [0.15, 0.2) is 76.5 Å². The molecule has 0 unspecified atom stereocenters. The minimum absolute atomic E-state index is 0.612. The SMILES string of the molecule is Clc1ccccc1-c1ccc(/C=N\Nc2ncnc3ccccc23)o1. The zero-order valence-electron chi connectivity index (χ0n) is 13.1. The first-order chi connectivity index (χ1) is 12.3. The molecule has 0 atom stereocenters. The molecule has 0 bridgehead atoms. The molecule has 2 aromatic heterocycles. The molecule has 0 aliphatic rings. The van der Waals surface area contributed by atoms with E-state index in [9.17, 15) is 0 Å². The van der Waals surface area contributed by atoms with E-state index in [4.69, 9.17) is 16.0 Å². The molecule has 2 heterocycles. The normalized spacial score (nSPS) is 11.2. The number of furan rings is 1. The van der Waals surface area contributed by atoms with Crippen LogP contribution >= 0.6 is 11.6 Å². The first-order valence-corrected chi connectivity index (χ1v) is 8.02. The van der Waals surface area contributed by atoms with E-state index in [1.165, 1.54) is 6.33 Å². The number of hydrazone groups is 1. The summed E-state index contributed by atoms with van der Waals surface area (Å²) in [6.45, 7) is 0. The van der Waals surface area contributed by atoms with Gasteiger partial charge in [0.1, 0.15) is 17.8 Å². The predicted molar refractivity (Wildman–Crippen MR) is 99.9 cm³/mol. The third kappa shape index (κ3) is 3.22. The Hall–Kier alpha value is -3.18. The van der Waals surface area contributed by atoms with Gasteiger partial charge in [0.05, 0.1) is 16.8 Å². The number of para-hydroxylation sites is 1. The van der Waals surface area contributed by atoms with Gasteiger partial charge in [0.2, 0.25) is 0 Å². The fraction of sp³-hybridized carbons (Fsp3) is 0. The average molecular weight is 349 g/mol. The fourth-order valence-electron chi connectivity index (χ4n) is 2.48. The number of nitrogens with one attached hydrogen (secondary N) is 1. The maximum atomic E-state index is 6.19. The van der Waals surface area contributed by atoms with Gasteiger partial charge in [-0.15, -0.1) is 0 Å². The number of anilines is 1. The lowest BCUT2D eigenvalue weighted by atomic mass is 10.2. The van der Waals surface area contributed by atoms with Gasteiger partial charge in [-0.3, -0.25) is 5.43 Å². The van der Waals surface area contributed by atoms with Crippen molar-refractivity contribution in [1.82, 2.24) is 9.97 Å². The average Bonchev–Trinajstić information content (AvgIpc) is 3.11. The fourth-order valence-corrected chi connectivity index (χ4v) is 2.71. The quantitative estimate of drug-likeness (QED) is 0.417. The first-order valence-electron chi connectivity index (χ1n) is 7.65. The Morgan fingerprint density at radius 3 is 2.72 bits per heavy atom. The maximum Gasteiger partial charge on any atom is 0.157 e. The summed E-state index contributed by atoms with van der Waals surface area (Å²) >= 11 is 6.19. The van der Waals surface area contributed by atoms with Crippen LogP contribution in [0.1, 0.15) is 5.76 Å². The second-order valence-electron chi connectivity index (χ2n) is 5.29. The molecule has 4 aromatic rings. The van der Waals surface area contributed by atoms with Crippen LogP contribution in [0.4, 0.5) is 5.82 Å². The Morgan fingerprint density at radius 1 is 0.960 bits per heavy atom. The molecule has 0 spiro atoms. The van der Waals surface area contributed by atoms with E-state index < -0.39 is 0 Å². The van der Waals surface area contributed by atoms with Crippen molar-refractivity contribution in [2.24, 2.45) is 5.10 Å². The Bertz CT molecular complexity index is 1050. The molecule has 6 heteroatoms. The zero-order valence-corrected chi connectivity index (χ0v) is 13.8. The Labute approximate surface area is 149 Å². The summed E-state index contributed by atoms with van der Waals surface area (Å²) in [5.41, 5.74) is 4.63. The van der Waals surface area contributed by atoms with Crippen LogP contribution in [0.3, 0.4) is 0 Å². The van der Waals surface area contributed by atoms with E-state index in [-0.39, 0.29) is 0 Å². The second-order valence-corrected chi connectivity index (χ2v) is 5.70. The van der Waals surface area contributed by atoms with Crippen molar-refractivity contribution in [1.29, 1.82) is 0 Å². The summed E-state index contributed by atoms with van der Waals surface area (Å²) < 4.78 is 5.77. The van der Waals surface area contributed by atoms with Crippen LogP contribution in [0.2, 0.25) is 5.02 Å². The molecular weight excluding hydrogens is 336 g/mol. The number of rotatable bonds is 4. The summed E-state index contributed by atoms with van der Waals surface area (Å²) in [6.07, 6.45) is 3.10. The van der Waals surface area contributed by atoms with Gasteiger partial charge in [-0.05, 0) is 36.4 Å². The largest absolute Gasteiger partial charge is 0.455 e. The number of benzene rings is 2. The Balaban J connectivity index is 1.54. The van der Waals surface area contributed by atoms with E-state index in [2.05, 4.69) is 20.5 Å². The summed E-state index contributed by atoms with van der Waals surface area (Å²) in [5.74, 6) is 1.94. The van der Waals surface area contributed by atoms with Crippen molar-refractivity contribution >= 4 is 34.5 Å². The highest BCUT2D eigenvalue weighted by Gasteiger charge is 2.07. The molecule has 0 radical (unpaired) electrons. The van der Waals surface area contributed by atoms with Crippen molar-refractivity contribution in [3.63, 3.8) is 0 Å². The molecule has 0 saturated heterocycles. The standard InChI is InChI=1S/C19H13ClN4O/c20-16-7-3-1-5-14(16)18-10-9-13(25-18)11-23-24-19-15-6-2-4-8-17(15)21-12-22-19/h1-12H,(H,21,22,24)/b23-11-. The van der Waals surface area contributed by atoms with Gasteiger partial charge >= 0.3 is 0 Å². The van der Waals surface area contributed by atoms with Crippen LogP contribution in [-0.2, 0) is 0 Å². The van der Waals surface area contributed by atoms with Gasteiger partial charge in [-0.25, -0.2) is 9.97 Å². The summed E-state index contributed by atoms with van der Waals surface area (Å²) in [5, 5.41) is 5.75. The van der Waals surface area contributed by atoms with Gasteiger partial charge in [0.15, 0.2) is 5.82 Å². The Kier molecular flexibility index (Phi) is 4.14. The zero-order chi connectivity index (χ0) is 17.1. The number of fused-ring (bicyclic) bond motifs is 1. The first kappa shape index (κ1) is 15.4. The predicted octanol–water partition coefficient (Wildman–Crippen LogP) is 4.99. The molecular formula is C19H13ClN4O. The van der Waals surface area contributed by atoms with E-state index in [0.717, 1.165) is 16.5 Å². The minimum atomic E-state index is 0.612. The minimum Gasteiger partial charge on any atom is -0.455 e. The molecule has 25 heavy (non-hydrogen) atoms. The van der Waals surface area contributed by atoms with Crippen LogP contribution in [-0.4, -0.2) is 16.2 Å². The highest BCUT2D eigenvalue weighted by molar-refractivity contribution is 6.33. The molecule has 4 rings (SSSR count).